The molecule has 1 amide bonds. The first-order chi connectivity index (χ1) is 11.7. The van der Waals surface area contributed by atoms with E-state index in [4.69, 9.17) is 4.74 Å². The number of ether oxygens (including phenoxy) is 1. The van der Waals surface area contributed by atoms with Crippen molar-refractivity contribution in [1.82, 2.24) is 14.9 Å². The Kier molecular flexibility index (Phi) is 5.08. The summed E-state index contributed by atoms with van der Waals surface area (Å²) < 4.78 is 7.41. The molecule has 3 rings (SSSR count). The van der Waals surface area contributed by atoms with Gasteiger partial charge in [-0.25, -0.2) is 4.98 Å². The van der Waals surface area contributed by atoms with Gasteiger partial charge in [-0.1, -0.05) is 24.3 Å². The molecule has 2 aromatic heterocycles. The normalized spacial score (nSPS) is 10.9. The molecule has 0 aliphatic rings. The highest BCUT2D eigenvalue weighted by Gasteiger charge is 2.16. The maximum Gasteiger partial charge on any atom is 0.271 e. The first-order valence-corrected chi connectivity index (χ1v) is 8.54. The van der Waals surface area contributed by atoms with Crippen molar-refractivity contribution in [2.45, 2.75) is 6.54 Å². The lowest BCUT2D eigenvalue weighted by molar-refractivity contribution is 0.0954. The van der Waals surface area contributed by atoms with Crippen LogP contribution in [0.2, 0.25) is 0 Å². The lowest BCUT2D eigenvalue weighted by Gasteiger charge is -2.08. The monoisotopic (exact) mass is 341 g/mol. The van der Waals surface area contributed by atoms with Gasteiger partial charge in [-0.05, 0) is 12.1 Å². The SMILES string of the molecule is C=CCNC(=O)c1csc(-c2cc3ccccc3n2CCOC)n1. The fraction of sp³-hybridized carbons (Fsp3) is 0.222. The number of amides is 1. The van der Waals surface area contributed by atoms with Crippen molar-refractivity contribution in [3.8, 4) is 10.7 Å². The summed E-state index contributed by atoms with van der Waals surface area (Å²) >= 11 is 1.47. The summed E-state index contributed by atoms with van der Waals surface area (Å²) in [5, 5.41) is 6.51. The lowest BCUT2D eigenvalue weighted by atomic mass is 10.2. The average molecular weight is 341 g/mol. The number of hydrogen-bond donors (Lipinski definition) is 1. The van der Waals surface area contributed by atoms with Crippen molar-refractivity contribution < 1.29 is 9.53 Å². The molecule has 0 saturated carbocycles. The summed E-state index contributed by atoms with van der Waals surface area (Å²) in [4.78, 5) is 16.5. The van der Waals surface area contributed by atoms with Crippen molar-refractivity contribution in [1.29, 1.82) is 0 Å². The standard InChI is InChI=1S/C18H19N3O2S/c1-3-8-19-17(22)14-12-24-18(20-14)16-11-13-6-4-5-7-15(13)21(16)9-10-23-2/h3-7,11-12H,1,8-10H2,2H3,(H,19,22). The van der Waals surface area contributed by atoms with Gasteiger partial charge in [-0.15, -0.1) is 17.9 Å². The summed E-state index contributed by atoms with van der Waals surface area (Å²) in [7, 11) is 1.69. The van der Waals surface area contributed by atoms with Crippen LogP contribution in [0.25, 0.3) is 21.6 Å². The number of carbonyl (C=O) groups excluding carboxylic acids is 1. The van der Waals surface area contributed by atoms with Crippen LogP contribution in [0.4, 0.5) is 0 Å². The second-order valence-corrected chi connectivity index (χ2v) is 6.13. The minimum atomic E-state index is -0.183. The lowest BCUT2D eigenvalue weighted by Crippen LogP contribution is -2.23. The van der Waals surface area contributed by atoms with E-state index in [-0.39, 0.29) is 5.91 Å². The number of benzene rings is 1. The van der Waals surface area contributed by atoms with Gasteiger partial charge in [0.2, 0.25) is 0 Å². The molecule has 0 aliphatic carbocycles. The van der Waals surface area contributed by atoms with Crippen molar-refractivity contribution in [2.75, 3.05) is 20.3 Å². The zero-order valence-electron chi connectivity index (χ0n) is 13.5. The summed E-state index contributed by atoms with van der Waals surface area (Å²) in [5.41, 5.74) is 2.57. The maximum atomic E-state index is 12.0. The largest absolute Gasteiger partial charge is 0.383 e. The van der Waals surface area contributed by atoms with Crippen molar-refractivity contribution in [2.24, 2.45) is 0 Å². The van der Waals surface area contributed by atoms with Crippen molar-refractivity contribution in [3.63, 3.8) is 0 Å². The number of nitrogens with one attached hydrogen (secondary N) is 1. The maximum absolute atomic E-state index is 12.0. The molecular weight excluding hydrogens is 322 g/mol. The van der Waals surface area contributed by atoms with Gasteiger partial charge >= 0.3 is 0 Å². The molecule has 0 unspecified atom stereocenters. The number of carbonyl (C=O) groups is 1. The topological polar surface area (TPSA) is 56.2 Å². The summed E-state index contributed by atoms with van der Waals surface area (Å²) in [5.74, 6) is -0.183. The zero-order chi connectivity index (χ0) is 16.9. The van der Waals surface area contributed by atoms with Gasteiger partial charge in [0, 0.05) is 36.5 Å². The van der Waals surface area contributed by atoms with E-state index in [1.807, 2.05) is 12.1 Å². The number of rotatable bonds is 7. The molecule has 3 aromatic rings. The third-order valence-corrected chi connectivity index (χ3v) is 4.56. The molecule has 0 spiro atoms. The Balaban J connectivity index is 1.98. The Bertz CT molecular complexity index is 866. The Morgan fingerprint density at radius 1 is 1.46 bits per heavy atom. The third-order valence-electron chi connectivity index (χ3n) is 3.69. The van der Waals surface area contributed by atoms with Gasteiger partial charge < -0.3 is 14.6 Å². The van der Waals surface area contributed by atoms with Crippen LogP contribution in [-0.2, 0) is 11.3 Å². The number of nitrogens with zero attached hydrogens (tertiary/aromatic N) is 2. The molecule has 6 heteroatoms. The first kappa shape index (κ1) is 16.4. The summed E-state index contributed by atoms with van der Waals surface area (Å²) in [6.45, 7) is 5.37. The fourth-order valence-corrected chi connectivity index (χ4v) is 3.39. The second kappa shape index (κ2) is 7.42. The predicted molar refractivity (Wildman–Crippen MR) is 97.5 cm³/mol. The highest BCUT2D eigenvalue weighted by Crippen LogP contribution is 2.30. The highest BCUT2D eigenvalue weighted by molar-refractivity contribution is 7.13. The number of thiazole rings is 1. The fourth-order valence-electron chi connectivity index (χ4n) is 2.56. The minimum Gasteiger partial charge on any atom is -0.383 e. The van der Waals surface area contributed by atoms with E-state index in [0.717, 1.165) is 28.1 Å². The summed E-state index contributed by atoms with van der Waals surface area (Å²) in [6, 6.07) is 10.3. The van der Waals surface area contributed by atoms with Crippen molar-refractivity contribution in [3.05, 3.63) is 54.1 Å². The number of hydrogen-bond acceptors (Lipinski definition) is 4. The second-order valence-electron chi connectivity index (χ2n) is 5.27. The van der Waals surface area contributed by atoms with Crippen LogP contribution in [0.5, 0.6) is 0 Å². The predicted octanol–water partition coefficient (Wildman–Crippen LogP) is 3.33. The number of para-hydroxylation sites is 1. The van der Waals surface area contributed by atoms with Gasteiger partial charge in [0.1, 0.15) is 10.7 Å². The van der Waals surface area contributed by atoms with E-state index in [1.165, 1.54) is 11.3 Å². The molecule has 24 heavy (non-hydrogen) atoms. The average Bonchev–Trinajstić information content (AvgIpc) is 3.22. The molecule has 1 N–H and O–H groups in total. The van der Waals surface area contributed by atoms with Crippen LogP contribution in [0.1, 0.15) is 10.5 Å². The van der Waals surface area contributed by atoms with E-state index < -0.39 is 0 Å². The van der Waals surface area contributed by atoms with Crippen LogP contribution in [0, 0.1) is 0 Å². The van der Waals surface area contributed by atoms with Crippen LogP contribution in [0.15, 0.2) is 48.4 Å². The molecule has 0 saturated heterocycles. The van der Waals surface area contributed by atoms with Gasteiger partial charge in [0.25, 0.3) is 5.91 Å². The van der Waals surface area contributed by atoms with Gasteiger partial charge in [-0.2, -0.15) is 0 Å². The smallest absolute Gasteiger partial charge is 0.271 e. The van der Waals surface area contributed by atoms with E-state index in [9.17, 15) is 4.79 Å². The Labute approximate surface area is 144 Å². The molecule has 0 fully saturated rings. The van der Waals surface area contributed by atoms with Crippen LogP contribution >= 0.6 is 11.3 Å². The van der Waals surface area contributed by atoms with Crippen LogP contribution in [-0.4, -0.2) is 35.7 Å². The molecule has 5 nitrogen and oxygen atoms in total. The molecule has 0 radical (unpaired) electrons. The van der Waals surface area contributed by atoms with E-state index in [0.29, 0.717) is 18.8 Å². The third kappa shape index (κ3) is 3.25. The molecule has 0 atom stereocenters. The quantitative estimate of drug-likeness (QED) is 0.671. The van der Waals surface area contributed by atoms with Gasteiger partial charge in [-0.3, -0.25) is 4.79 Å². The molecule has 1 aromatic carbocycles. The molecule has 0 bridgehead atoms. The van der Waals surface area contributed by atoms with Gasteiger partial charge in [0.05, 0.1) is 12.3 Å². The highest BCUT2D eigenvalue weighted by atomic mass is 32.1. The molecular formula is C18H19N3O2S. The molecule has 124 valence electrons. The van der Waals surface area contributed by atoms with E-state index in [1.54, 1.807) is 18.6 Å². The Morgan fingerprint density at radius 3 is 3.08 bits per heavy atom. The van der Waals surface area contributed by atoms with E-state index in [2.05, 4.69) is 39.6 Å². The number of methoxy groups -OCH3 is 1. The minimum absolute atomic E-state index is 0.183. The van der Waals surface area contributed by atoms with Gasteiger partial charge in [0.15, 0.2) is 0 Å². The Morgan fingerprint density at radius 2 is 2.29 bits per heavy atom. The molecule has 0 aliphatic heterocycles. The number of fused-ring (bicyclic) bond motifs is 1. The van der Waals surface area contributed by atoms with E-state index >= 15 is 0 Å². The van der Waals surface area contributed by atoms with Crippen molar-refractivity contribution >= 4 is 28.1 Å². The van der Waals surface area contributed by atoms with Crippen LogP contribution < -0.4 is 5.32 Å². The number of aromatic nitrogens is 2. The zero-order valence-corrected chi connectivity index (χ0v) is 14.3. The molecule has 2 heterocycles. The van der Waals surface area contributed by atoms with Crippen LogP contribution in [0.3, 0.4) is 0 Å². The Hall–Kier alpha value is -2.44. The first-order valence-electron chi connectivity index (χ1n) is 7.66. The summed E-state index contributed by atoms with van der Waals surface area (Å²) in [6.07, 6.45) is 1.65.